The smallest absolute Gasteiger partial charge is 0.313 e. The number of amides is 2. The number of carbonyl (C=O) groups excluding carboxylic acids is 2. The van der Waals surface area contributed by atoms with E-state index >= 15 is 0 Å². The van der Waals surface area contributed by atoms with Crippen LogP contribution in [0.3, 0.4) is 0 Å². The van der Waals surface area contributed by atoms with Gasteiger partial charge >= 0.3 is 11.8 Å². The first-order valence-corrected chi connectivity index (χ1v) is 5.22. The molecule has 0 aromatic heterocycles. The summed E-state index contributed by atoms with van der Waals surface area (Å²) in [6, 6.07) is 13.3. The summed E-state index contributed by atoms with van der Waals surface area (Å²) < 4.78 is 0. The van der Waals surface area contributed by atoms with Gasteiger partial charge in [0.2, 0.25) is 0 Å². The van der Waals surface area contributed by atoms with Crippen LogP contribution in [0, 0.1) is 0 Å². The van der Waals surface area contributed by atoms with Crippen LogP contribution >= 0.6 is 0 Å². The van der Waals surface area contributed by atoms with Crippen molar-refractivity contribution in [3.05, 3.63) is 42.5 Å². The Bertz CT molecular complexity index is 578. The minimum Gasteiger partial charge on any atom is -0.351 e. The lowest BCUT2D eigenvalue weighted by Crippen LogP contribution is -2.32. The van der Waals surface area contributed by atoms with Crippen LogP contribution in [-0.4, -0.2) is 18.9 Å². The average molecular weight is 228 g/mol. The maximum atomic E-state index is 11.4. The Labute approximate surface area is 98.6 Å². The predicted octanol–water partition coefficient (Wildman–Crippen LogP) is 1.52. The largest absolute Gasteiger partial charge is 0.351 e. The highest BCUT2D eigenvalue weighted by Crippen LogP contribution is 2.18. The third-order valence-corrected chi connectivity index (χ3v) is 2.44. The molecule has 17 heavy (non-hydrogen) atoms. The summed E-state index contributed by atoms with van der Waals surface area (Å²) in [5, 5.41) is 6.91. The van der Waals surface area contributed by atoms with Gasteiger partial charge in [0.1, 0.15) is 0 Å². The molecule has 4 heteroatoms. The van der Waals surface area contributed by atoms with Gasteiger partial charge in [0, 0.05) is 12.7 Å². The van der Waals surface area contributed by atoms with Crippen LogP contribution in [0.1, 0.15) is 0 Å². The summed E-state index contributed by atoms with van der Waals surface area (Å²) in [6.07, 6.45) is 0. The van der Waals surface area contributed by atoms with Crippen LogP contribution in [0.15, 0.2) is 42.5 Å². The second kappa shape index (κ2) is 4.65. The van der Waals surface area contributed by atoms with E-state index < -0.39 is 11.8 Å². The van der Waals surface area contributed by atoms with Crippen molar-refractivity contribution in [2.45, 2.75) is 0 Å². The van der Waals surface area contributed by atoms with Gasteiger partial charge in [-0.25, -0.2) is 0 Å². The highest BCUT2D eigenvalue weighted by atomic mass is 16.2. The monoisotopic (exact) mass is 228 g/mol. The molecule has 2 N–H and O–H groups in total. The Kier molecular flexibility index (Phi) is 3.05. The van der Waals surface area contributed by atoms with Crippen molar-refractivity contribution in [3.63, 3.8) is 0 Å². The zero-order chi connectivity index (χ0) is 12.3. The number of hydrogen-bond acceptors (Lipinski definition) is 2. The molecule has 0 heterocycles. The van der Waals surface area contributed by atoms with Crippen LogP contribution < -0.4 is 10.6 Å². The molecule has 0 spiro atoms. The number of fused-ring (bicyclic) bond motifs is 1. The zero-order valence-electron chi connectivity index (χ0n) is 9.36. The van der Waals surface area contributed by atoms with Crippen LogP contribution in [0.25, 0.3) is 10.8 Å². The fraction of sp³-hybridized carbons (Fsp3) is 0.0769. The van der Waals surface area contributed by atoms with Crippen molar-refractivity contribution in [3.8, 4) is 0 Å². The summed E-state index contributed by atoms with van der Waals surface area (Å²) in [5.74, 6) is -1.32. The van der Waals surface area contributed by atoms with Gasteiger partial charge in [-0.05, 0) is 22.9 Å². The standard InChI is InChI=1S/C13H12N2O2/c1-14-12(16)13(17)15-11-7-6-9-4-2-3-5-10(9)8-11/h2-8H,1H3,(H,14,16)(H,15,17). The van der Waals surface area contributed by atoms with Gasteiger partial charge in [0.25, 0.3) is 0 Å². The number of carbonyl (C=O) groups is 2. The molecule has 0 saturated heterocycles. The molecule has 2 aromatic rings. The molecule has 0 saturated carbocycles. The number of hydrogen-bond donors (Lipinski definition) is 2. The van der Waals surface area contributed by atoms with Crippen molar-refractivity contribution in [2.75, 3.05) is 12.4 Å². The molecular weight excluding hydrogens is 216 g/mol. The molecule has 0 aliphatic carbocycles. The SMILES string of the molecule is CNC(=O)C(=O)Nc1ccc2ccccc2c1. The second-order valence-electron chi connectivity index (χ2n) is 3.60. The molecule has 86 valence electrons. The summed E-state index contributed by atoms with van der Waals surface area (Å²) in [5.41, 5.74) is 0.609. The Hall–Kier alpha value is -2.36. The van der Waals surface area contributed by atoms with E-state index in [4.69, 9.17) is 0 Å². The Morgan fingerprint density at radius 2 is 1.65 bits per heavy atom. The van der Waals surface area contributed by atoms with E-state index in [1.165, 1.54) is 7.05 Å². The third-order valence-electron chi connectivity index (χ3n) is 2.44. The van der Waals surface area contributed by atoms with Crippen LogP contribution in [0.5, 0.6) is 0 Å². The number of likely N-dealkylation sites (N-methyl/N-ethyl adjacent to an activating group) is 1. The Morgan fingerprint density at radius 3 is 2.35 bits per heavy atom. The maximum absolute atomic E-state index is 11.4. The van der Waals surface area contributed by atoms with Gasteiger partial charge in [0.05, 0.1) is 0 Å². The maximum Gasteiger partial charge on any atom is 0.313 e. The molecule has 0 unspecified atom stereocenters. The summed E-state index contributed by atoms with van der Waals surface area (Å²) in [4.78, 5) is 22.4. The van der Waals surface area contributed by atoms with Crippen molar-refractivity contribution < 1.29 is 9.59 Å². The van der Waals surface area contributed by atoms with Gasteiger partial charge in [-0.15, -0.1) is 0 Å². The first-order valence-electron chi connectivity index (χ1n) is 5.22. The highest BCUT2D eigenvalue weighted by molar-refractivity contribution is 6.39. The lowest BCUT2D eigenvalue weighted by Gasteiger charge is -2.05. The second-order valence-corrected chi connectivity index (χ2v) is 3.60. The molecule has 0 fully saturated rings. The molecule has 0 radical (unpaired) electrons. The van der Waals surface area contributed by atoms with E-state index in [0.29, 0.717) is 5.69 Å². The van der Waals surface area contributed by atoms with Gasteiger partial charge in [-0.3, -0.25) is 9.59 Å². The minimum absolute atomic E-state index is 0.609. The quantitative estimate of drug-likeness (QED) is 0.727. The van der Waals surface area contributed by atoms with Crippen molar-refractivity contribution in [1.82, 2.24) is 5.32 Å². The number of rotatable bonds is 1. The minimum atomic E-state index is -0.664. The Morgan fingerprint density at radius 1 is 0.941 bits per heavy atom. The molecule has 2 rings (SSSR count). The van der Waals surface area contributed by atoms with E-state index in [1.54, 1.807) is 6.07 Å². The molecule has 2 amide bonds. The number of nitrogens with one attached hydrogen (secondary N) is 2. The van der Waals surface area contributed by atoms with Crippen molar-refractivity contribution in [1.29, 1.82) is 0 Å². The van der Waals surface area contributed by atoms with E-state index in [0.717, 1.165) is 10.8 Å². The van der Waals surface area contributed by atoms with Gasteiger partial charge < -0.3 is 10.6 Å². The highest BCUT2D eigenvalue weighted by Gasteiger charge is 2.10. The Balaban J connectivity index is 2.25. The van der Waals surface area contributed by atoms with Gasteiger partial charge in [-0.1, -0.05) is 30.3 Å². The van der Waals surface area contributed by atoms with Crippen LogP contribution in [0.2, 0.25) is 0 Å². The van der Waals surface area contributed by atoms with Crippen molar-refractivity contribution >= 4 is 28.3 Å². The summed E-state index contributed by atoms with van der Waals surface area (Å²) in [6.45, 7) is 0. The molecule has 2 aromatic carbocycles. The molecule has 0 aliphatic rings. The number of benzene rings is 2. The van der Waals surface area contributed by atoms with E-state index in [-0.39, 0.29) is 0 Å². The van der Waals surface area contributed by atoms with Crippen LogP contribution in [-0.2, 0) is 9.59 Å². The molecule has 0 atom stereocenters. The van der Waals surface area contributed by atoms with Crippen molar-refractivity contribution in [2.24, 2.45) is 0 Å². The lowest BCUT2D eigenvalue weighted by molar-refractivity contribution is -0.135. The third kappa shape index (κ3) is 2.42. The summed E-state index contributed by atoms with van der Waals surface area (Å²) >= 11 is 0. The van der Waals surface area contributed by atoms with E-state index in [9.17, 15) is 9.59 Å². The van der Waals surface area contributed by atoms with Gasteiger partial charge in [0.15, 0.2) is 0 Å². The number of anilines is 1. The topological polar surface area (TPSA) is 58.2 Å². The fourth-order valence-corrected chi connectivity index (χ4v) is 1.57. The molecule has 4 nitrogen and oxygen atoms in total. The lowest BCUT2D eigenvalue weighted by atomic mass is 10.1. The van der Waals surface area contributed by atoms with Gasteiger partial charge in [-0.2, -0.15) is 0 Å². The first-order chi connectivity index (χ1) is 8.20. The predicted molar refractivity (Wildman–Crippen MR) is 66.6 cm³/mol. The molecular formula is C13H12N2O2. The summed E-state index contributed by atoms with van der Waals surface area (Å²) in [7, 11) is 1.42. The zero-order valence-corrected chi connectivity index (χ0v) is 9.36. The molecule has 0 aliphatic heterocycles. The normalized spacial score (nSPS) is 9.94. The first kappa shape index (κ1) is 11.1. The average Bonchev–Trinajstić information content (AvgIpc) is 2.37. The molecule has 0 bridgehead atoms. The van der Waals surface area contributed by atoms with E-state index in [1.807, 2.05) is 36.4 Å². The van der Waals surface area contributed by atoms with Crippen LogP contribution in [0.4, 0.5) is 5.69 Å². The fourth-order valence-electron chi connectivity index (χ4n) is 1.57. The van der Waals surface area contributed by atoms with E-state index in [2.05, 4.69) is 10.6 Å².